The molecular formula is C18H27N3O2. The number of nitrogens with zero attached hydrogens (tertiary/aromatic N) is 1. The molecule has 5 nitrogen and oxygen atoms in total. The van der Waals surface area contributed by atoms with Gasteiger partial charge in [-0.1, -0.05) is 32.9 Å². The Morgan fingerprint density at radius 2 is 1.65 bits per heavy atom. The molecule has 0 unspecified atom stereocenters. The van der Waals surface area contributed by atoms with Gasteiger partial charge in [0.25, 0.3) is 0 Å². The summed E-state index contributed by atoms with van der Waals surface area (Å²) in [5.41, 5.74) is 2.16. The molecule has 1 aromatic carbocycles. The summed E-state index contributed by atoms with van der Waals surface area (Å²) in [6, 6.07) is 8.11. The summed E-state index contributed by atoms with van der Waals surface area (Å²) in [5, 5.41) is 5.86. The van der Waals surface area contributed by atoms with E-state index in [1.54, 1.807) is 4.90 Å². The first kappa shape index (κ1) is 17.3. The second-order valence-corrected chi connectivity index (χ2v) is 7.22. The van der Waals surface area contributed by atoms with E-state index < -0.39 is 0 Å². The number of hydrogen-bond acceptors (Lipinski definition) is 2. The Labute approximate surface area is 138 Å². The summed E-state index contributed by atoms with van der Waals surface area (Å²) in [4.78, 5) is 25.2. The number of rotatable bonds is 2. The zero-order chi connectivity index (χ0) is 17.0. The third kappa shape index (κ3) is 4.98. The minimum absolute atomic E-state index is 0.00756. The molecule has 1 saturated heterocycles. The van der Waals surface area contributed by atoms with Gasteiger partial charge in [-0.2, -0.15) is 0 Å². The fraction of sp³-hybridized carbons (Fsp3) is 0.556. The van der Waals surface area contributed by atoms with Gasteiger partial charge in [0.1, 0.15) is 0 Å². The summed E-state index contributed by atoms with van der Waals surface area (Å²) in [5.74, 6) is -0.00756. The van der Waals surface area contributed by atoms with Gasteiger partial charge in [0.15, 0.2) is 0 Å². The van der Waals surface area contributed by atoms with Gasteiger partial charge in [-0.05, 0) is 36.0 Å². The summed E-state index contributed by atoms with van der Waals surface area (Å²) in [6.45, 7) is 9.35. The minimum atomic E-state index is -0.0743. The van der Waals surface area contributed by atoms with E-state index in [2.05, 4.69) is 43.5 Å². The lowest BCUT2D eigenvalue weighted by Gasteiger charge is -2.32. The van der Waals surface area contributed by atoms with E-state index >= 15 is 0 Å². The average Bonchev–Trinajstić information content (AvgIpc) is 2.47. The predicted octanol–water partition coefficient (Wildman–Crippen LogP) is 3.12. The SMILES string of the molecule is CC(=O)NC1CCN(C(=O)Nc2ccc(C(C)(C)C)cc2)CC1. The van der Waals surface area contributed by atoms with Crippen LogP contribution in [0.4, 0.5) is 10.5 Å². The molecular weight excluding hydrogens is 290 g/mol. The maximum absolute atomic E-state index is 12.3. The van der Waals surface area contributed by atoms with Crippen LogP contribution in [-0.2, 0) is 10.2 Å². The van der Waals surface area contributed by atoms with Gasteiger partial charge in [-0.3, -0.25) is 4.79 Å². The lowest BCUT2D eigenvalue weighted by molar-refractivity contribution is -0.119. The van der Waals surface area contributed by atoms with Crippen molar-refractivity contribution in [1.82, 2.24) is 10.2 Å². The lowest BCUT2D eigenvalue weighted by atomic mass is 9.87. The van der Waals surface area contributed by atoms with E-state index in [9.17, 15) is 9.59 Å². The molecule has 23 heavy (non-hydrogen) atoms. The van der Waals surface area contributed by atoms with Crippen molar-refractivity contribution in [3.05, 3.63) is 29.8 Å². The van der Waals surface area contributed by atoms with Crippen molar-refractivity contribution in [1.29, 1.82) is 0 Å². The summed E-state index contributed by atoms with van der Waals surface area (Å²) in [6.07, 6.45) is 1.60. The fourth-order valence-corrected chi connectivity index (χ4v) is 2.77. The van der Waals surface area contributed by atoms with Gasteiger partial charge in [0.2, 0.25) is 5.91 Å². The molecule has 0 atom stereocenters. The molecule has 5 heteroatoms. The Balaban J connectivity index is 1.87. The second-order valence-electron chi connectivity index (χ2n) is 7.22. The fourth-order valence-electron chi connectivity index (χ4n) is 2.77. The maximum atomic E-state index is 12.3. The van der Waals surface area contributed by atoms with Gasteiger partial charge >= 0.3 is 6.03 Å². The van der Waals surface area contributed by atoms with Gasteiger partial charge < -0.3 is 15.5 Å². The van der Waals surface area contributed by atoms with Crippen LogP contribution in [0.25, 0.3) is 0 Å². The van der Waals surface area contributed by atoms with Crippen molar-refractivity contribution >= 4 is 17.6 Å². The Morgan fingerprint density at radius 1 is 1.09 bits per heavy atom. The first-order chi connectivity index (χ1) is 10.8. The van der Waals surface area contributed by atoms with E-state index in [1.807, 2.05) is 12.1 Å². The van der Waals surface area contributed by atoms with E-state index in [0.29, 0.717) is 13.1 Å². The maximum Gasteiger partial charge on any atom is 0.321 e. The molecule has 3 amide bonds. The van der Waals surface area contributed by atoms with Crippen LogP contribution < -0.4 is 10.6 Å². The molecule has 2 N–H and O–H groups in total. The molecule has 0 bridgehead atoms. The van der Waals surface area contributed by atoms with Gasteiger partial charge in [-0.15, -0.1) is 0 Å². The molecule has 2 rings (SSSR count). The highest BCUT2D eigenvalue weighted by molar-refractivity contribution is 5.89. The molecule has 0 saturated carbocycles. The van der Waals surface area contributed by atoms with Crippen LogP contribution in [0.1, 0.15) is 46.1 Å². The molecule has 0 spiro atoms. The largest absolute Gasteiger partial charge is 0.353 e. The number of anilines is 1. The van der Waals surface area contributed by atoms with Crippen molar-refractivity contribution in [2.45, 2.75) is 52.0 Å². The van der Waals surface area contributed by atoms with Crippen molar-refractivity contribution in [3.63, 3.8) is 0 Å². The van der Waals surface area contributed by atoms with Crippen LogP contribution >= 0.6 is 0 Å². The van der Waals surface area contributed by atoms with Crippen LogP contribution in [-0.4, -0.2) is 36.0 Å². The van der Waals surface area contributed by atoms with Gasteiger partial charge in [0.05, 0.1) is 0 Å². The molecule has 0 aromatic heterocycles. The Bertz CT molecular complexity index is 553. The first-order valence-corrected chi connectivity index (χ1v) is 8.19. The number of piperidine rings is 1. The number of nitrogens with one attached hydrogen (secondary N) is 2. The summed E-state index contributed by atoms with van der Waals surface area (Å²) in [7, 11) is 0. The van der Waals surface area contributed by atoms with Crippen molar-refractivity contribution in [2.24, 2.45) is 0 Å². The second kappa shape index (κ2) is 7.02. The monoisotopic (exact) mass is 317 g/mol. The number of urea groups is 1. The summed E-state index contributed by atoms with van der Waals surface area (Å²) >= 11 is 0. The highest BCUT2D eigenvalue weighted by atomic mass is 16.2. The number of likely N-dealkylation sites (tertiary alicyclic amines) is 1. The van der Waals surface area contributed by atoms with E-state index in [1.165, 1.54) is 12.5 Å². The zero-order valence-electron chi connectivity index (χ0n) is 14.5. The van der Waals surface area contributed by atoms with Gasteiger partial charge in [0, 0.05) is 31.7 Å². The van der Waals surface area contributed by atoms with Crippen LogP contribution in [0.2, 0.25) is 0 Å². The third-order valence-electron chi connectivity index (χ3n) is 4.19. The van der Waals surface area contributed by atoms with Crippen LogP contribution in [0.5, 0.6) is 0 Å². The third-order valence-corrected chi connectivity index (χ3v) is 4.19. The van der Waals surface area contributed by atoms with E-state index in [0.717, 1.165) is 18.5 Å². The summed E-state index contributed by atoms with van der Waals surface area (Å²) < 4.78 is 0. The van der Waals surface area contributed by atoms with Crippen molar-refractivity contribution < 1.29 is 9.59 Å². The first-order valence-electron chi connectivity index (χ1n) is 8.19. The van der Waals surface area contributed by atoms with Crippen LogP contribution in [0, 0.1) is 0 Å². The van der Waals surface area contributed by atoms with Crippen molar-refractivity contribution in [3.8, 4) is 0 Å². The number of hydrogen-bond donors (Lipinski definition) is 2. The molecule has 0 aliphatic carbocycles. The number of benzene rings is 1. The van der Waals surface area contributed by atoms with Crippen LogP contribution in [0.15, 0.2) is 24.3 Å². The quantitative estimate of drug-likeness (QED) is 0.880. The molecule has 1 heterocycles. The van der Waals surface area contributed by atoms with E-state index in [-0.39, 0.29) is 23.4 Å². The average molecular weight is 317 g/mol. The minimum Gasteiger partial charge on any atom is -0.353 e. The number of amides is 3. The molecule has 1 aliphatic rings. The molecule has 1 aliphatic heterocycles. The van der Waals surface area contributed by atoms with Crippen molar-refractivity contribution in [2.75, 3.05) is 18.4 Å². The van der Waals surface area contributed by atoms with E-state index in [4.69, 9.17) is 0 Å². The Hall–Kier alpha value is -2.04. The Morgan fingerprint density at radius 3 is 2.13 bits per heavy atom. The normalized spacial score (nSPS) is 16.1. The highest BCUT2D eigenvalue weighted by Gasteiger charge is 2.23. The zero-order valence-corrected chi connectivity index (χ0v) is 14.5. The molecule has 1 aromatic rings. The predicted molar refractivity (Wildman–Crippen MR) is 92.6 cm³/mol. The smallest absolute Gasteiger partial charge is 0.321 e. The lowest BCUT2D eigenvalue weighted by Crippen LogP contribution is -2.47. The molecule has 126 valence electrons. The van der Waals surface area contributed by atoms with Gasteiger partial charge in [-0.25, -0.2) is 4.79 Å². The van der Waals surface area contributed by atoms with Crippen LogP contribution in [0.3, 0.4) is 0 Å². The number of carbonyl (C=O) groups is 2. The highest BCUT2D eigenvalue weighted by Crippen LogP contribution is 2.23. The number of carbonyl (C=O) groups excluding carboxylic acids is 2. The standard InChI is InChI=1S/C18H27N3O2/c1-13(22)19-16-9-11-21(12-10-16)17(23)20-15-7-5-14(6-8-15)18(2,3)4/h5-8,16H,9-12H2,1-4H3,(H,19,22)(H,20,23). The molecule has 0 radical (unpaired) electrons. The molecule has 1 fully saturated rings. The topological polar surface area (TPSA) is 61.4 Å². The Kier molecular flexibility index (Phi) is 5.29.